The molecule has 1 saturated heterocycles. The SMILES string of the molecule is [2H]c1c([2H])[n+](C)c(-c2cc(C(C)C)cc(C(C)C)c2C)c2ccc(C3CC[Si](C)(C)CC3)cc12. The van der Waals surface area contributed by atoms with Gasteiger partial charge in [0.05, 0.1) is 12.3 Å². The number of nitrogens with zero attached hydrogens (tertiary/aromatic N) is 1. The van der Waals surface area contributed by atoms with Gasteiger partial charge in [-0.15, -0.1) is 0 Å². The van der Waals surface area contributed by atoms with Gasteiger partial charge in [-0.25, -0.2) is 4.57 Å². The van der Waals surface area contributed by atoms with E-state index in [-0.39, 0.29) is 6.17 Å². The van der Waals surface area contributed by atoms with Gasteiger partial charge in [0.2, 0.25) is 5.69 Å². The fourth-order valence-electron chi connectivity index (χ4n) is 5.50. The van der Waals surface area contributed by atoms with Crippen LogP contribution in [0, 0.1) is 6.92 Å². The standard InChI is InChI=1S/C30H42NSi/c1-20(2)26-18-28(21(3)4)22(5)29(19-26)30-27-10-9-24(17-25(27)11-14-31(30)6)23-12-15-32(7,8)16-13-23/h9-11,14,17-21,23H,12-13,15-16H2,1-8H3/q+1/i11D,14D. The Kier molecular flexibility index (Phi) is 5.67. The van der Waals surface area contributed by atoms with Crippen LogP contribution in [0.1, 0.15) is 83.3 Å². The van der Waals surface area contributed by atoms with Crippen molar-refractivity contribution in [3.05, 3.63) is 64.8 Å². The van der Waals surface area contributed by atoms with Gasteiger partial charge in [0.1, 0.15) is 8.42 Å². The van der Waals surface area contributed by atoms with Gasteiger partial charge in [-0.2, -0.15) is 0 Å². The van der Waals surface area contributed by atoms with E-state index in [1.165, 1.54) is 52.7 Å². The van der Waals surface area contributed by atoms with Crippen LogP contribution in [0.5, 0.6) is 0 Å². The average Bonchev–Trinajstić information content (AvgIpc) is 2.78. The molecule has 2 aromatic carbocycles. The van der Waals surface area contributed by atoms with E-state index in [9.17, 15) is 0 Å². The van der Waals surface area contributed by atoms with Crippen molar-refractivity contribution >= 4 is 18.8 Å². The molecule has 2 heterocycles. The van der Waals surface area contributed by atoms with Crippen molar-refractivity contribution < 1.29 is 7.31 Å². The molecule has 1 aliphatic rings. The van der Waals surface area contributed by atoms with Crippen LogP contribution < -0.4 is 4.57 Å². The third kappa shape index (κ3) is 4.44. The molecule has 0 radical (unpaired) electrons. The Morgan fingerprint density at radius 2 is 1.69 bits per heavy atom. The van der Waals surface area contributed by atoms with E-state index in [1.807, 2.05) is 11.6 Å². The zero-order valence-electron chi connectivity index (χ0n) is 23.4. The topological polar surface area (TPSA) is 3.88 Å². The molecule has 0 bridgehead atoms. The molecular formula is C30H42NSi+. The van der Waals surface area contributed by atoms with Crippen molar-refractivity contribution in [2.75, 3.05) is 0 Å². The molecule has 0 atom stereocenters. The second-order valence-electron chi connectivity index (χ2n) is 11.5. The predicted molar refractivity (Wildman–Crippen MR) is 143 cm³/mol. The number of pyridine rings is 1. The molecule has 1 aromatic heterocycles. The Labute approximate surface area is 199 Å². The molecule has 1 aliphatic heterocycles. The predicted octanol–water partition coefficient (Wildman–Crippen LogP) is 8.47. The molecule has 0 amide bonds. The highest BCUT2D eigenvalue weighted by molar-refractivity contribution is 6.77. The molecule has 1 fully saturated rings. The lowest BCUT2D eigenvalue weighted by Crippen LogP contribution is -2.31. The van der Waals surface area contributed by atoms with Crippen molar-refractivity contribution in [3.63, 3.8) is 0 Å². The second kappa shape index (κ2) is 8.78. The fraction of sp³-hybridized carbons (Fsp3) is 0.500. The summed E-state index contributed by atoms with van der Waals surface area (Å²) in [5.41, 5.74) is 7.64. The first kappa shape index (κ1) is 20.7. The lowest BCUT2D eigenvalue weighted by Gasteiger charge is -2.33. The normalized spacial score (nSPS) is 17.8. The van der Waals surface area contributed by atoms with Crippen LogP contribution in [0.4, 0.5) is 0 Å². The number of fused-ring (bicyclic) bond motifs is 1. The molecule has 170 valence electrons. The first-order valence-corrected chi connectivity index (χ1v) is 15.9. The summed E-state index contributed by atoms with van der Waals surface area (Å²) >= 11 is 0. The molecule has 32 heavy (non-hydrogen) atoms. The van der Waals surface area contributed by atoms with E-state index >= 15 is 0 Å². The largest absolute Gasteiger partial charge is 0.220 e. The minimum absolute atomic E-state index is 0.289. The van der Waals surface area contributed by atoms with E-state index in [1.54, 1.807) is 0 Å². The highest BCUT2D eigenvalue weighted by Gasteiger charge is 2.29. The van der Waals surface area contributed by atoms with Gasteiger partial charge in [-0.1, -0.05) is 71.1 Å². The summed E-state index contributed by atoms with van der Waals surface area (Å²) in [5.74, 6) is 1.46. The minimum atomic E-state index is -1.01. The molecule has 0 saturated carbocycles. The summed E-state index contributed by atoms with van der Waals surface area (Å²) < 4.78 is 19.6. The Bertz CT molecular complexity index is 1230. The summed E-state index contributed by atoms with van der Waals surface area (Å²) in [4.78, 5) is 0. The number of rotatable bonds is 4. The van der Waals surface area contributed by atoms with E-state index in [2.05, 4.69) is 78.0 Å². The van der Waals surface area contributed by atoms with Crippen LogP contribution in [0.2, 0.25) is 25.2 Å². The highest BCUT2D eigenvalue weighted by Crippen LogP contribution is 2.40. The maximum Gasteiger partial charge on any atom is 0.220 e. The van der Waals surface area contributed by atoms with Gasteiger partial charge in [-0.3, -0.25) is 0 Å². The summed E-state index contributed by atoms with van der Waals surface area (Å²) in [5, 5.41) is 2.02. The minimum Gasteiger partial charge on any atom is -0.200 e. The third-order valence-electron chi connectivity index (χ3n) is 7.82. The van der Waals surface area contributed by atoms with E-state index in [0.29, 0.717) is 23.8 Å². The lowest BCUT2D eigenvalue weighted by atomic mass is 9.86. The second-order valence-corrected chi connectivity index (χ2v) is 16.8. The van der Waals surface area contributed by atoms with Gasteiger partial charge in [0.15, 0.2) is 6.17 Å². The highest BCUT2D eigenvalue weighted by atomic mass is 28.3. The maximum atomic E-state index is 8.84. The first-order chi connectivity index (χ1) is 15.9. The van der Waals surface area contributed by atoms with Crippen molar-refractivity contribution in [3.8, 4) is 11.3 Å². The molecule has 3 aromatic rings. The van der Waals surface area contributed by atoms with Crippen LogP contribution in [0.3, 0.4) is 0 Å². The quantitative estimate of drug-likeness (QED) is 0.279. The summed E-state index contributed by atoms with van der Waals surface area (Å²) in [6.45, 7) is 16.3. The fourth-order valence-corrected chi connectivity index (χ4v) is 8.01. The molecule has 0 N–H and O–H groups in total. The average molecular weight is 447 g/mol. The van der Waals surface area contributed by atoms with Gasteiger partial charge in [0, 0.05) is 14.1 Å². The third-order valence-corrected chi connectivity index (χ3v) is 11.1. The van der Waals surface area contributed by atoms with Crippen molar-refractivity contribution in [2.24, 2.45) is 7.05 Å². The Morgan fingerprint density at radius 1 is 1.00 bits per heavy atom. The zero-order chi connectivity index (χ0) is 24.9. The number of hydrogen-bond acceptors (Lipinski definition) is 0. The summed E-state index contributed by atoms with van der Waals surface area (Å²) in [7, 11) is 0.946. The molecule has 0 aliphatic carbocycles. The molecule has 0 unspecified atom stereocenters. The maximum absolute atomic E-state index is 8.84. The first-order valence-electron chi connectivity index (χ1n) is 13.5. The van der Waals surface area contributed by atoms with Crippen LogP contribution in [0.25, 0.3) is 22.0 Å². The monoisotopic (exact) mass is 446 g/mol. The Hall–Kier alpha value is -1.93. The molecule has 0 spiro atoms. The van der Waals surface area contributed by atoms with Crippen LogP contribution in [-0.2, 0) is 7.05 Å². The number of hydrogen-bond donors (Lipinski definition) is 0. The Balaban J connectivity index is 1.94. The zero-order valence-corrected chi connectivity index (χ0v) is 22.4. The van der Waals surface area contributed by atoms with Crippen LogP contribution >= 0.6 is 0 Å². The van der Waals surface area contributed by atoms with E-state index < -0.39 is 8.07 Å². The summed E-state index contributed by atoms with van der Waals surface area (Å²) in [6, 6.07) is 14.6. The van der Waals surface area contributed by atoms with Gasteiger partial charge < -0.3 is 0 Å². The van der Waals surface area contributed by atoms with E-state index in [4.69, 9.17) is 2.74 Å². The lowest BCUT2D eigenvalue weighted by molar-refractivity contribution is -0.659. The van der Waals surface area contributed by atoms with Crippen LogP contribution in [0.15, 0.2) is 42.5 Å². The molecule has 2 heteroatoms. The number of aromatic nitrogens is 1. The molecular weight excluding hydrogens is 402 g/mol. The van der Waals surface area contributed by atoms with Crippen LogP contribution in [-0.4, -0.2) is 8.07 Å². The van der Waals surface area contributed by atoms with Gasteiger partial charge in [0.25, 0.3) is 0 Å². The molecule has 1 nitrogen and oxygen atoms in total. The number of benzene rings is 2. The summed E-state index contributed by atoms with van der Waals surface area (Å²) in [6.07, 6.45) is 2.83. The molecule has 4 rings (SSSR count). The Morgan fingerprint density at radius 3 is 2.31 bits per heavy atom. The van der Waals surface area contributed by atoms with E-state index in [0.717, 1.165) is 16.5 Å². The van der Waals surface area contributed by atoms with Crippen molar-refractivity contribution in [1.82, 2.24) is 0 Å². The van der Waals surface area contributed by atoms with Gasteiger partial charge >= 0.3 is 0 Å². The van der Waals surface area contributed by atoms with Crippen molar-refractivity contribution in [2.45, 2.75) is 90.4 Å². The van der Waals surface area contributed by atoms with Crippen molar-refractivity contribution in [1.29, 1.82) is 0 Å². The smallest absolute Gasteiger partial charge is 0.200 e. The van der Waals surface area contributed by atoms with Gasteiger partial charge in [-0.05, 0) is 77.3 Å².